The summed E-state index contributed by atoms with van der Waals surface area (Å²) in [5.74, 6) is 0. The molecule has 6 heteroatoms. The number of nitrogens with zero attached hydrogens (tertiary/aromatic N) is 5. The average Bonchev–Trinajstić information content (AvgIpc) is 3.38. The zero-order valence-electron chi connectivity index (χ0n) is 19.0. The van der Waals surface area contributed by atoms with Gasteiger partial charge < -0.3 is 0 Å². The molecule has 0 aliphatic heterocycles. The van der Waals surface area contributed by atoms with E-state index in [4.69, 9.17) is 4.98 Å². The van der Waals surface area contributed by atoms with Crippen LogP contribution in [-0.4, -0.2) is 25.2 Å². The van der Waals surface area contributed by atoms with Crippen LogP contribution in [-0.2, 0) is 0 Å². The third kappa shape index (κ3) is 4.09. The summed E-state index contributed by atoms with van der Waals surface area (Å²) in [4.78, 5) is 6.16. The molecule has 0 atom stereocenters. The number of para-hydroxylation sites is 2. The maximum atomic E-state index is 5.15. The first kappa shape index (κ1) is 21.3. The Balaban J connectivity index is 1.64. The molecule has 0 radical (unpaired) electrons. The van der Waals surface area contributed by atoms with Crippen molar-refractivity contribution in [3.05, 3.63) is 115 Å². The van der Waals surface area contributed by atoms with E-state index < -0.39 is 0 Å². The van der Waals surface area contributed by atoms with Gasteiger partial charge in [0.15, 0.2) is 0 Å². The Morgan fingerprint density at radius 3 is 2.14 bits per heavy atom. The molecule has 0 aliphatic carbocycles. The fourth-order valence-corrected chi connectivity index (χ4v) is 5.24. The van der Waals surface area contributed by atoms with E-state index in [1.807, 2.05) is 42.5 Å². The summed E-state index contributed by atoms with van der Waals surface area (Å²) >= 11 is 1.54. The van der Waals surface area contributed by atoms with Gasteiger partial charge in [0.05, 0.1) is 21.8 Å². The Bertz CT molecular complexity index is 1610. The lowest BCUT2D eigenvalue weighted by Crippen LogP contribution is -2.00. The van der Waals surface area contributed by atoms with Crippen molar-refractivity contribution in [2.45, 2.75) is 17.0 Å². The quantitative estimate of drug-likeness (QED) is 0.271. The molecule has 0 spiro atoms. The van der Waals surface area contributed by atoms with E-state index in [-0.39, 0.29) is 0 Å². The minimum Gasteiger partial charge on any atom is -0.247 e. The van der Waals surface area contributed by atoms with Gasteiger partial charge in [0, 0.05) is 16.5 Å². The van der Waals surface area contributed by atoms with Gasteiger partial charge in [0.1, 0.15) is 0 Å². The molecule has 35 heavy (non-hydrogen) atoms. The number of benzene rings is 4. The van der Waals surface area contributed by atoms with E-state index >= 15 is 0 Å². The summed E-state index contributed by atoms with van der Waals surface area (Å²) in [6, 6.07) is 37.2. The minimum atomic E-state index is 0.679. The van der Waals surface area contributed by atoms with Crippen molar-refractivity contribution in [3.63, 3.8) is 0 Å². The van der Waals surface area contributed by atoms with E-state index in [0.717, 1.165) is 43.9 Å². The highest BCUT2D eigenvalue weighted by Gasteiger charge is 2.22. The fourth-order valence-electron chi connectivity index (χ4n) is 4.16. The summed E-state index contributed by atoms with van der Waals surface area (Å²) in [6.45, 7) is 2.09. The highest BCUT2D eigenvalue weighted by Crippen LogP contribution is 2.44. The molecule has 0 aliphatic rings. The van der Waals surface area contributed by atoms with Gasteiger partial charge in [0.25, 0.3) is 0 Å². The second-order valence-electron chi connectivity index (χ2n) is 8.22. The largest absolute Gasteiger partial charge is 0.247 e. The smallest absolute Gasteiger partial charge is 0.219 e. The SMILES string of the molecule is Cc1ccc(-c2nc3ccccc3c(-c3ccccc3)c2Sc2nnnn2-c2ccccc2)cc1. The van der Waals surface area contributed by atoms with Crippen molar-refractivity contribution >= 4 is 22.7 Å². The number of hydrogen-bond donors (Lipinski definition) is 0. The topological polar surface area (TPSA) is 56.5 Å². The molecule has 0 amide bonds. The molecule has 168 valence electrons. The van der Waals surface area contributed by atoms with Crippen LogP contribution in [0, 0.1) is 6.92 Å². The van der Waals surface area contributed by atoms with Crippen molar-refractivity contribution in [1.82, 2.24) is 25.2 Å². The fraction of sp³-hybridized carbons (Fsp3) is 0.0345. The summed E-state index contributed by atoms with van der Waals surface area (Å²) in [5, 5.41) is 14.4. The zero-order valence-corrected chi connectivity index (χ0v) is 19.9. The first-order valence-electron chi connectivity index (χ1n) is 11.3. The molecular formula is C29H21N5S. The zero-order chi connectivity index (χ0) is 23.6. The van der Waals surface area contributed by atoms with Crippen molar-refractivity contribution in [3.8, 4) is 28.1 Å². The van der Waals surface area contributed by atoms with E-state index in [9.17, 15) is 0 Å². The highest BCUT2D eigenvalue weighted by molar-refractivity contribution is 7.99. The molecule has 4 aromatic carbocycles. The van der Waals surface area contributed by atoms with Gasteiger partial charge in [0.2, 0.25) is 5.16 Å². The van der Waals surface area contributed by atoms with Crippen molar-refractivity contribution in [2.24, 2.45) is 0 Å². The number of pyridine rings is 1. The maximum Gasteiger partial charge on any atom is 0.219 e. The van der Waals surface area contributed by atoms with Gasteiger partial charge in [-0.15, -0.1) is 5.10 Å². The molecule has 0 saturated heterocycles. The summed E-state index contributed by atoms with van der Waals surface area (Å²) in [6.07, 6.45) is 0. The second kappa shape index (κ2) is 9.16. The van der Waals surface area contributed by atoms with E-state index in [0.29, 0.717) is 5.16 Å². The van der Waals surface area contributed by atoms with Gasteiger partial charge in [-0.05, 0) is 52.9 Å². The Morgan fingerprint density at radius 2 is 1.37 bits per heavy atom. The maximum absolute atomic E-state index is 5.15. The average molecular weight is 472 g/mol. The van der Waals surface area contributed by atoms with Crippen LogP contribution in [0.1, 0.15) is 5.56 Å². The summed E-state index contributed by atoms with van der Waals surface area (Å²) in [7, 11) is 0. The predicted molar refractivity (Wildman–Crippen MR) is 141 cm³/mol. The number of hydrogen-bond acceptors (Lipinski definition) is 5. The van der Waals surface area contributed by atoms with E-state index in [1.54, 1.807) is 16.4 Å². The van der Waals surface area contributed by atoms with Crippen molar-refractivity contribution < 1.29 is 0 Å². The summed E-state index contributed by atoms with van der Waals surface area (Å²) in [5.41, 5.74) is 7.29. The van der Waals surface area contributed by atoms with Crippen molar-refractivity contribution in [1.29, 1.82) is 0 Å². The standard InChI is InChI=1S/C29H21N5S/c1-20-16-18-22(19-17-20)27-28(35-29-31-32-33-34(29)23-12-6-3-7-13-23)26(21-10-4-2-5-11-21)24-14-8-9-15-25(24)30-27/h2-19H,1H3. The first-order valence-corrected chi connectivity index (χ1v) is 12.2. The third-order valence-corrected chi connectivity index (χ3v) is 6.91. The number of rotatable bonds is 5. The molecule has 6 aromatic rings. The molecule has 0 unspecified atom stereocenters. The first-order chi connectivity index (χ1) is 17.3. The van der Waals surface area contributed by atoms with Crippen LogP contribution in [0.5, 0.6) is 0 Å². The lowest BCUT2D eigenvalue weighted by molar-refractivity contribution is 0.756. The van der Waals surface area contributed by atoms with Crippen LogP contribution in [0.4, 0.5) is 0 Å². The number of aryl methyl sites for hydroxylation is 1. The molecule has 5 nitrogen and oxygen atoms in total. The minimum absolute atomic E-state index is 0.679. The Hall–Kier alpha value is -4.29. The van der Waals surface area contributed by atoms with Crippen LogP contribution < -0.4 is 0 Å². The van der Waals surface area contributed by atoms with E-state index in [2.05, 4.69) is 89.2 Å². The highest BCUT2D eigenvalue weighted by atomic mass is 32.2. The molecule has 0 N–H and O–H groups in total. The van der Waals surface area contributed by atoms with Crippen LogP contribution in [0.25, 0.3) is 39.0 Å². The lowest BCUT2D eigenvalue weighted by atomic mass is 9.98. The monoisotopic (exact) mass is 471 g/mol. The molecule has 6 rings (SSSR count). The van der Waals surface area contributed by atoms with Crippen LogP contribution in [0.2, 0.25) is 0 Å². The Labute approximate surface area is 207 Å². The molecular weight excluding hydrogens is 450 g/mol. The van der Waals surface area contributed by atoms with Crippen molar-refractivity contribution in [2.75, 3.05) is 0 Å². The van der Waals surface area contributed by atoms with Gasteiger partial charge in [-0.3, -0.25) is 0 Å². The molecule has 2 aromatic heterocycles. The van der Waals surface area contributed by atoms with Crippen LogP contribution >= 0.6 is 11.8 Å². The van der Waals surface area contributed by atoms with Gasteiger partial charge in [-0.1, -0.05) is 96.6 Å². The molecule has 0 fully saturated rings. The predicted octanol–water partition coefficient (Wildman–Crippen LogP) is 7.00. The Kier molecular flexibility index (Phi) is 5.56. The number of aromatic nitrogens is 5. The molecule has 2 heterocycles. The van der Waals surface area contributed by atoms with E-state index in [1.165, 1.54) is 5.56 Å². The number of fused-ring (bicyclic) bond motifs is 1. The van der Waals surface area contributed by atoms with Crippen LogP contribution in [0.3, 0.4) is 0 Å². The molecule has 0 bridgehead atoms. The van der Waals surface area contributed by atoms with Gasteiger partial charge in [-0.2, -0.15) is 4.68 Å². The molecule has 0 saturated carbocycles. The Morgan fingerprint density at radius 1 is 0.686 bits per heavy atom. The lowest BCUT2D eigenvalue weighted by Gasteiger charge is -2.17. The normalized spacial score (nSPS) is 11.1. The van der Waals surface area contributed by atoms with Crippen LogP contribution in [0.15, 0.2) is 119 Å². The van der Waals surface area contributed by atoms with Gasteiger partial charge >= 0.3 is 0 Å². The number of tetrazole rings is 1. The second-order valence-corrected chi connectivity index (χ2v) is 9.20. The van der Waals surface area contributed by atoms with Gasteiger partial charge in [-0.25, -0.2) is 4.98 Å². The summed E-state index contributed by atoms with van der Waals surface area (Å²) < 4.78 is 1.77. The third-order valence-electron chi connectivity index (χ3n) is 5.87.